The molecule has 0 spiro atoms. The van der Waals surface area contributed by atoms with E-state index in [1.807, 2.05) is 0 Å². The summed E-state index contributed by atoms with van der Waals surface area (Å²) in [6.45, 7) is 15.6. The molecule has 0 amide bonds. The van der Waals surface area contributed by atoms with Crippen LogP contribution in [0.5, 0.6) is 0 Å². The second kappa shape index (κ2) is 10.0. The van der Waals surface area contributed by atoms with Crippen molar-refractivity contribution >= 4 is 5.96 Å². The van der Waals surface area contributed by atoms with E-state index >= 15 is 0 Å². The molecule has 0 aromatic carbocycles. The average Bonchev–Trinajstić information content (AvgIpc) is 2.39. The first-order chi connectivity index (χ1) is 9.65. The minimum Gasteiger partial charge on any atom is -0.357 e. The molecule has 1 fully saturated rings. The summed E-state index contributed by atoms with van der Waals surface area (Å²) in [5, 5.41) is 6.72. The smallest absolute Gasteiger partial charge is 0.191 e. The monoisotopic (exact) mass is 282 g/mol. The Morgan fingerprint density at radius 3 is 2.45 bits per heavy atom. The molecule has 0 saturated carbocycles. The van der Waals surface area contributed by atoms with Gasteiger partial charge in [0.15, 0.2) is 5.96 Å². The van der Waals surface area contributed by atoms with Crippen LogP contribution < -0.4 is 10.6 Å². The average molecular weight is 282 g/mol. The van der Waals surface area contributed by atoms with E-state index in [4.69, 9.17) is 0 Å². The Bertz CT molecular complexity index is 268. The van der Waals surface area contributed by atoms with Gasteiger partial charge in [-0.1, -0.05) is 20.8 Å². The highest BCUT2D eigenvalue weighted by atomic mass is 15.2. The van der Waals surface area contributed by atoms with Crippen LogP contribution in [0.25, 0.3) is 0 Å². The Labute approximate surface area is 125 Å². The van der Waals surface area contributed by atoms with Crippen molar-refractivity contribution < 1.29 is 0 Å². The SMILES string of the molecule is CCCN=C(NCC)NCCCN1CC(C)CC(C)C1. The van der Waals surface area contributed by atoms with Crippen LogP contribution in [0.1, 0.15) is 47.0 Å². The molecule has 2 atom stereocenters. The zero-order valence-corrected chi connectivity index (χ0v) is 13.9. The van der Waals surface area contributed by atoms with Gasteiger partial charge < -0.3 is 15.5 Å². The number of aliphatic imine (C=N–C) groups is 1. The molecule has 4 heteroatoms. The number of likely N-dealkylation sites (tertiary alicyclic amines) is 1. The summed E-state index contributed by atoms with van der Waals surface area (Å²) in [5.74, 6) is 2.68. The first kappa shape index (κ1) is 17.3. The molecule has 1 aliphatic heterocycles. The molecule has 0 aromatic rings. The Hall–Kier alpha value is -0.770. The number of hydrogen-bond acceptors (Lipinski definition) is 2. The summed E-state index contributed by atoms with van der Waals surface area (Å²) in [5.41, 5.74) is 0. The summed E-state index contributed by atoms with van der Waals surface area (Å²) in [6.07, 6.45) is 3.68. The number of piperidine rings is 1. The van der Waals surface area contributed by atoms with Gasteiger partial charge in [-0.15, -0.1) is 0 Å². The molecule has 0 aliphatic carbocycles. The van der Waals surface area contributed by atoms with Gasteiger partial charge in [-0.05, 0) is 44.6 Å². The first-order valence-corrected chi connectivity index (χ1v) is 8.40. The van der Waals surface area contributed by atoms with Gasteiger partial charge >= 0.3 is 0 Å². The third kappa shape index (κ3) is 7.13. The molecular formula is C16H34N4. The highest BCUT2D eigenvalue weighted by Gasteiger charge is 2.20. The van der Waals surface area contributed by atoms with Crippen LogP contribution in [-0.2, 0) is 0 Å². The molecule has 118 valence electrons. The van der Waals surface area contributed by atoms with E-state index in [1.165, 1.54) is 32.5 Å². The number of guanidine groups is 1. The summed E-state index contributed by atoms with van der Waals surface area (Å²) >= 11 is 0. The van der Waals surface area contributed by atoms with Crippen LogP contribution in [0.2, 0.25) is 0 Å². The lowest BCUT2D eigenvalue weighted by Crippen LogP contribution is -2.41. The molecule has 0 radical (unpaired) electrons. The Kier molecular flexibility index (Phi) is 8.67. The maximum absolute atomic E-state index is 4.52. The topological polar surface area (TPSA) is 39.7 Å². The zero-order valence-electron chi connectivity index (χ0n) is 13.9. The van der Waals surface area contributed by atoms with Gasteiger partial charge in [0.25, 0.3) is 0 Å². The molecule has 0 aromatic heterocycles. The van der Waals surface area contributed by atoms with Crippen LogP contribution in [0.4, 0.5) is 0 Å². The Morgan fingerprint density at radius 2 is 1.85 bits per heavy atom. The minimum absolute atomic E-state index is 0.857. The summed E-state index contributed by atoms with van der Waals surface area (Å²) < 4.78 is 0. The lowest BCUT2D eigenvalue weighted by molar-refractivity contribution is 0.140. The van der Waals surface area contributed by atoms with Crippen molar-refractivity contribution in [3.63, 3.8) is 0 Å². The van der Waals surface area contributed by atoms with Crippen LogP contribution in [0.15, 0.2) is 4.99 Å². The highest BCUT2D eigenvalue weighted by Crippen LogP contribution is 2.20. The van der Waals surface area contributed by atoms with E-state index in [0.717, 1.165) is 43.9 Å². The van der Waals surface area contributed by atoms with Crippen molar-refractivity contribution in [2.24, 2.45) is 16.8 Å². The third-order valence-corrected chi connectivity index (χ3v) is 3.73. The molecule has 2 unspecified atom stereocenters. The van der Waals surface area contributed by atoms with Gasteiger partial charge in [0.05, 0.1) is 0 Å². The van der Waals surface area contributed by atoms with Crippen LogP contribution >= 0.6 is 0 Å². The molecule has 1 rings (SSSR count). The van der Waals surface area contributed by atoms with Crippen molar-refractivity contribution in [3.05, 3.63) is 0 Å². The fraction of sp³-hybridized carbons (Fsp3) is 0.938. The van der Waals surface area contributed by atoms with Gasteiger partial charge in [0, 0.05) is 32.7 Å². The van der Waals surface area contributed by atoms with Crippen molar-refractivity contribution in [2.45, 2.75) is 47.0 Å². The van der Waals surface area contributed by atoms with Gasteiger partial charge in [-0.25, -0.2) is 0 Å². The maximum atomic E-state index is 4.52. The number of rotatable bonds is 7. The number of nitrogens with one attached hydrogen (secondary N) is 2. The number of nitrogens with zero attached hydrogens (tertiary/aromatic N) is 2. The van der Waals surface area contributed by atoms with Crippen LogP contribution in [0.3, 0.4) is 0 Å². The van der Waals surface area contributed by atoms with Crippen molar-refractivity contribution in [3.8, 4) is 0 Å². The third-order valence-electron chi connectivity index (χ3n) is 3.73. The van der Waals surface area contributed by atoms with Gasteiger partial charge in [0.2, 0.25) is 0 Å². The van der Waals surface area contributed by atoms with E-state index in [0.29, 0.717) is 0 Å². The Balaban J connectivity index is 2.19. The molecule has 1 aliphatic rings. The van der Waals surface area contributed by atoms with Crippen molar-refractivity contribution in [1.29, 1.82) is 0 Å². The molecule has 20 heavy (non-hydrogen) atoms. The molecular weight excluding hydrogens is 248 g/mol. The first-order valence-electron chi connectivity index (χ1n) is 8.40. The van der Waals surface area contributed by atoms with E-state index < -0.39 is 0 Å². The largest absolute Gasteiger partial charge is 0.357 e. The van der Waals surface area contributed by atoms with Gasteiger partial charge in [0.1, 0.15) is 0 Å². The predicted molar refractivity (Wildman–Crippen MR) is 88.3 cm³/mol. The molecule has 2 N–H and O–H groups in total. The van der Waals surface area contributed by atoms with Crippen LogP contribution in [0, 0.1) is 11.8 Å². The molecule has 4 nitrogen and oxygen atoms in total. The standard InChI is InChI=1S/C16H34N4/c1-5-8-18-16(17-6-2)19-9-7-10-20-12-14(3)11-15(4)13-20/h14-15H,5-13H2,1-4H3,(H2,17,18,19). The van der Waals surface area contributed by atoms with Crippen molar-refractivity contribution in [2.75, 3.05) is 39.3 Å². The van der Waals surface area contributed by atoms with Crippen LogP contribution in [-0.4, -0.2) is 50.1 Å². The van der Waals surface area contributed by atoms with E-state index in [9.17, 15) is 0 Å². The molecule has 1 saturated heterocycles. The summed E-state index contributed by atoms with van der Waals surface area (Å²) in [4.78, 5) is 7.14. The van der Waals surface area contributed by atoms with Gasteiger partial charge in [-0.2, -0.15) is 0 Å². The fourth-order valence-electron chi connectivity index (χ4n) is 3.05. The number of hydrogen-bond donors (Lipinski definition) is 2. The van der Waals surface area contributed by atoms with Gasteiger partial charge in [-0.3, -0.25) is 4.99 Å². The highest BCUT2D eigenvalue weighted by molar-refractivity contribution is 5.79. The van der Waals surface area contributed by atoms with E-state index in [2.05, 4.69) is 48.2 Å². The minimum atomic E-state index is 0.857. The normalized spacial score (nSPS) is 24.7. The molecule has 0 bridgehead atoms. The Morgan fingerprint density at radius 1 is 1.15 bits per heavy atom. The predicted octanol–water partition coefficient (Wildman–Crippen LogP) is 2.32. The maximum Gasteiger partial charge on any atom is 0.191 e. The second-order valence-electron chi connectivity index (χ2n) is 6.25. The molecule has 1 heterocycles. The second-order valence-corrected chi connectivity index (χ2v) is 6.25. The quantitative estimate of drug-likeness (QED) is 0.428. The van der Waals surface area contributed by atoms with E-state index in [-0.39, 0.29) is 0 Å². The zero-order chi connectivity index (χ0) is 14.8. The lowest BCUT2D eigenvalue weighted by atomic mass is 9.92. The fourth-order valence-corrected chi connectivity index (χ4v) is 3.05. The van der Waals surface area contributed by atoms with Crippen molar-refractivity contribution in [1.82, 2.24) is 15.5 Å². The summed E-state index contributed by atoms with van der Waals surface area (Å²) in [6, 6.07) is 0. The lowest BCUT2D eigenvalue weighted by Gasteiger charge is -2.35. The summed E-state index contributed by atoms with van der Waals surface area (Å²) in [7, 11) is 0. The van der Waals surface area contributed by atoms with E-state index in [1.54, 1.807) is 0 Å².